The molecule has 1 N–H and O–H groups in total. The minimum Gasteiger partial charge on any atom is -0.481 e. The first-order valence-electron chi connectivity index (χ1n) is 6.40. The molecule has 4 nitrogen and oxygen atoms in total. The Morgan fingerprint density at radius 2 is 1.95 bits per heavy atom. The van der Waals surface area contributed by atoms with Crippen LogP contribution in [0.4, 0.5) is 0 Å². The monoisotopic (exact) mass is 260 g/mol. The van der Waals surface area contributed by atoms with Gasteiger partial charge in [-0.2, -0.15) is 0 Å². The molecule has 0 atom stereocenters. The third kappa shape index (κ3) is 3.68. The summed E-state index contributed by atoms with van der Waals surface area (Å²) in [5.41, 5.74) is 0.581. The number of hydrogen-bond donors (Lipinski definition) is 1. The SMILES string of the molecule is O=C(O)CCCCCc1cc(=O)c2ccccc2o1. The second-order valence-corrected chi connectivity index (χ2v) is 4.53. The highest BCUT2D eigenvalue weighted by Gasteiger charge is 2.04. The number of carbonyl (C=O) groups is 1. The average Bonchev–Trinajstić information content (AvgIpc) is 2.38. The first-order chi connectivity index (χ1) is 9.16. The molecule has 100 valence electrons. The third-order valence-electron chi connectivity index (χ3n) is 3.00. The van der Waals surface area contributed by atoms with Crippen LogP contribution in [0.15, 0.2) is 39.5 Å². The molecule has 0 bridgehead atoms. The zero-order chi connectivity index (χ0) is 13.7. The molecular weight excluding hydrogens is 244 g/mol. The van der Waals surface area contributed by atoms with E-state index in [2.05, 4.69) is 0 Å². The van der Waals surface area contributed by atoms with Crippen molar-refractivity contribution >= 4 is 16.9 Å². The Hall–Kier alpha value is -2.10. The largest absolute Gasteiger partial charge is 0.481 e. The van der Waals surface area contributed by atoms with Gasteiger partial charge < -0.3 is 9.52 Å². The quantitative estimate of drug-likeness (QED) is 0.811. The molecule has 4 heteroatoms. The number of para-hydroxylation sites is 1. The maximum absolute atomic E-state index is 11.8. The topological polar surface area (TPSA) is 67.5 Å². The Balaban J connectivity index is 1.98. The van der Waals surface area contributed by atoms with Crippen LogP contribution in [0.5, 0.6) is 0 Å². The Morgan fingerprint density at radius 1 is 1.16 bits per heavy atom. The summed E-state index contributed by atoms with van der Waals surface area (Å²) in [6, 6.07) is 8.70. The minimum absolute atomic E-state index is 0.0256. The molecule has 0 amide bonds. The molecule has 2 rings (SSSR count). The van der Waals surface area contributed by atoms with E-state index in [-0.39, 0.29) is 11.8 Å². The second kappa shape index (κ2) is 6.18. The van der Waals surface area contributed by atoms with Crippen LogP contribution in [0, 0.1) is 0 Å². The zero-order valence-corrected chi connectivity index (χ0v) is 10.6. The zero-order valence-electron chi connectivity index (χ0n) is 10.6. The van der Waals surface area contributed by atoms with Crippen LogP contribution >= 0.6 is 0 Å². The molecule has 0 aliphatic carbocycles. The van der Waals surface area contributed by atoms with Crippen molar-refractivity contribution in [1.29, 1.82) is 0 Å². The highest BCUT2D eigenvalue weighted by molar-refractivity contribution is 5.76. The first-order valence-corrected chi connectivity index (χ1v) is 6.40. The van der Waals surface area contributed by atoms with Crippen molar-refractivity contribution in [2.24, 2.45) is 0 Å². The molecule has 1 aromatic carbocycles. The average molecular weight is 260 g/mol. The van der Waals surface area contributed by atoms with Crippen LogP contribution < -0.4 is 5.43 Å². The van der Waals surface area contributed by atoms with Gasteiger partial charge in [0.05, 0.1) is 5.39 Å². The van der Waals surface area contributed by atoms with Gasteiger partial charge in [-0.05, 0) is 25.0 Å². The van der Waals surface area contributed by atoms with Crippen LogP contribution in [-0.2, 0) is 11.2 Å². The molecule has 1 aromatic heterocycles. The summed E-state index contributed by atoms with van der Waals surface area (Å²) in [7, 11) is 0. The lowest BCUT2D eigenvalue weighted by Crippen LogP contribution is -2.02. The van der Waals surface area contributed by atoms with Crippen LogP contribution in [0.2, 0.25) is 0 Å². The van der Waals surface area contributed by atoms with E-state index in [1.54, 1.807) is 12.1 Å². The van der Waals surface area contributed by atoms with E-state index in [4.69, 9.17) is 9.52 Å². The first kappa shape index (κ1) is 13.3. The van der Waals surface area contributed by atoms with Crippen LogP contribution in [-0.4, -0.2) is 11.1 Å². The van der Waals surface area contributed by atoms with Gasteiger partial charge in [0, 0.05) is 18.9 Å². The number of carboxylic acids is 1. The van der Waals surface area contributed by atoms with Crippen molar-refractivity contribution in [3.05, 3.63) is 46.3 Å². The van der Waals surface area contributed by atoms with Crippen LogP contribution in [0.3, 0.4) is 0 Å². The van der Waals surface area contributed by atoms with Crippen molar-refractivity contribution in [3.8, 4) is 0 Å². The minimum atomic E-state index is -0.766. The van der Waals surface area contributed by atoms with E-state index >= 15 is 0 Å². The molecule has 1 heterocycles. The van der Waals surface area contributed by atoms with Crippen molar-refractivity contribution in [3.63, 3.8) is 0 Å². The molecule has 0 aliphatic heterocycles. The number of aliphatic carboxylic acids is 1. The highest BCUT2D eigenvalue weighted by atomic mass is 16.4. The van der Waals surface area contributed by atoms with Crippen molar-refractivity contribution in [2.75, 3.05) is 0 Å². The molecule has 0 unspecified atom stereocenters. The maximum atomic E-state index is 11.8. The predicted octanol–water partition coefficient (Wildman–Crippen LogP) is 2.98. The molecule has 2 aromatic rings. The van der Waals surface area contributed by atoms with Crippen LogP contribution in [0.1, 0.15) is 31.4 Å². The van der Waals surface area contributed by atoms with Crippen LogP contribution in [0.25, 0.3) is 11.0 Å². The van der Waals surface area contributed by atoms with E-state index in [1.165, 1.54) is 6.07 Å². The molecule has 0 spiro atoms. The fourth-order valence-corrected chi connectivity index (χ4v) is 2.03. The van der Waals surface area contributed by atoms with Crippen molar-refractivity contribution < 1.29 is 14.3 Å². The van der Waals surface area contributed by atoms with Gasteiger partial charge in [-0.25, -0.2) is 0 Å². The molecule has 0 saturated carbocycles. The molecule has 0 aliphatic rings. The summed E-state index contributed by atoms with van der Waals surface area (Å²) in [6.45, 7) is 0. The fraction of sp³-hybridized carbons (Fsp3) is 0.333. The number of hydrogen-bond acceptors (Lipinski definition) is 3. The molecule has 0 saturated heterocycles. The Kier molecular flexibility index (Phi) is 4.34. The van der Waals surface area contributed by atoms with E-state index in [0.717, 1.165) is 12.8 Å². The standard InChI is InChI=1S/C15H16O4/c16-13-10-11(6-2-1-3-9-15(17)18)19-14-8-5-4-7-12(13)14/h4-5,7-8,10H,1-3,6,9H2,(H,17,18). The van der Waals surface area contributed by atoms with Gasteiger partial charge >= 0.3 is 5.97 Å². The predicted molar refractivity (Wildman–Crippen MR) is 72.3 cm³/mol. The lowest BCUT2D eigenvalue weighted by Gasteiger charge is -2.02. The van der Waals surface area contributed by atoms with Crippen molar-refractivity contribution in [2.45, 2.75) is 32.1 Å². The second-order valence-electron chi connectivity index (χ2n) is 4.53. The van der Waals surface area contributed by atoms with Gasteiger partial charge in [0.15, 0.2) is 5.43 Å². The number of carboxylic acid groups (broad SMARTS) is 1. The fourth-order valence-electron chi connectivity index (χ4n) is 2.03. The number of unbranched alkanes of at least 4 members (excludes halogenated alkanes) is 2. The smallest absolute Gasteiger partial charge is 0.303 e. The summed E-state index contributed by atoms with van der Waals surface area (Å²) >= 11 is 0. The van der Waals surface area contributed by atoms with Gasteiger partial charge in [0.25, 0.3) is 0 Å². The molecule has 19 heavy (non-hydrogen) atoms. The van der Waals surface area contributed by atoms with Crippen molar-refractivity contribution in [1.82, 2.24) is 0 Å². The Labute approximate surface area is 110 Å². The van der Waals surface area contributed by atoms with Gasteiger partial charge in [0.1, 0.15) is 11.3 Å². The van der Waals surface area contributed by atoms with E-state index < -0.39 is 5.97 Å². The lowest BCUT2D eigenvalue weighted by molar-refractivity contribution is -0.137. The normalized spacial score (nSPS) is 10.7. The number of aryl methyl sites for hydroxylation is 1. The Morgan fingerprint density at radius 3 is 2.74 bits per heavy atom. The maximum Gasteiger partial charge on any atom is 0.303 e. The molecule has 0 radical (unpaired) electrons. The van der Waals surface area contributed by atoms with E-state index in [9.17, 15) is 9.59 Å². The molecule has 0 fully saturated rings. The number of fused-ring (bicyclic) bond motifs is 1. The third-order valence-corrected chi connectivity index (χ3v) is 3.00. The van der Waals surface area contributed by atoms with Gasteiger partial charge in [-0.3, -0.25) is 9.59 Å². The summed E-state index contributed by atoms with van der Waals surface area (Å²) in [5.74, 6) is -0.101. The number of benzene rings is 1. The van der Waals surface area contributed by atoms with Gasteiger partial charge in [0.2, 0.25) is 0 Å². The van der Waals surface area contributed by atoms with Gasteiger partial charge in [-0.1, -0.05) is 18.6 Å². The Bertz CT molecular complexity index is 627. The highest BCUT2D eigenvalue weighted by Crippen LogP contribution is 2.14. The molecular formula is C15H16O4. The summed E-state index contributed by atoms with van der Waals surface area (Å²) in [6.07, 6.45) is 3.17. The van der Waals surface area contributed by atoms with E-state index in [1.807, 2.05) is 12.1 Å². The number of rotatable bonds is 6. The summed E-state index contributed by atoms with van der Waals surface area (Å²) in [4.78, 5) is 22.2. The van der Waals surface area contributed by atoms with Gasteiger partial charge in [-0.15, -0.1) is 0 Å². The summed E-state index contributed by atoms with van der Waals surface area (Å²) < 4.78 is 5.65. The lowest BCUT2D eigenvalue weighted by atomic mass is 10.1. The summed E-state index contributed by atoms with van der Waals surface area (Å²) in [5, 5.41) is 9.12. The van der Waals surface area contributed by atoms with E-state index in [0.29, 0.717) is 29.6 Å².